The van der Waals surface area contributed by atoms with Crippen molar-refractivity contribution in [1.82, 2.24) is 0 Å². The first-order valence-electron chi connectivity index (χ1n) is 4.08. The molecular weight excluding hydrogens is 172 g/mol. The smallest absolute Gasteiger partial charge is 0.381 e. The van der Waals surface area contributed by atoms with E-state index in [4.69, 9.17) is 5.11 Å². The van der Waals surface area contributed by atoms with Gasteiger partial charge in [-0.25, -0.2) is 4.79 Å². The Kier molecular flexibility index (Phi) is 4.02. The molecule has 0 radical (unpaired) electrons. The minimum Gasteiger partial charge on any atom is -0.472 e. The van der Waals surface area contributed by atoms with E-state index in [9.17, 15) is 4.79 Å². The van der Waals surface area contributed by atoms with Crippen LogP contribution in [0.3, 0.4) is 0 Å². The van der Waals surface area contributed by atoms with Crippen LogP contribution in [0.2, 0.25) is 0 Å². The molecule has 2 nitrogen and oxygen atoms in total. The van der Waals surface area contributed by atoms with Crippen LogP contribution in [0.5, 0.6) is 0 Å². The number of hydrogen-bond acceptors (Lipinski definition) is 2. The molecule has 1 N–H and O–H groups in total. The van der Waals surface area contributed by atoms with Crippen LogP contribution in [0.15, 0.2) is 0 Å². The lowest BCUT2D eigenvalue weighted by Crippen LogP contribution is -2.08. The summed E-state index contributed by atoms with van der Waals surface area (Å²) in [5, 5.41) is 8.27. The summed E-state index contributed by atoms with van der Waals surface area (Å²) in [6, 6.07) is 0. The van der Waals surface area contributed by atoms with Crippen molar-refractivity contribution in [2.24, 2.45) is 5.92 Å². The Bertz CT molecular complexity index is 208. The molecule has 0 aromatic carbocycles. The molecule has 0 amide bonds. The number of thioether (sulfide) groups is 1. The van der Waals surface area contributed by atoms with E-state index in [-0.39, 0.29) is 0 Å². The fourth-order valence-corrected chi connectivity index (χ4v) is 2.43. The van der Waals surface area contributed by atoms with E-state index >= 15 is 0 Å². The van der Waals surface area contributed by atoms with Gasteiger partial charge >= 0.3 is 5.97 Å². The van der Waals surface area contributed by atoms with Crippen LogP contribution in [-0.2, 0) is 4.79 Å². The largest absolute Gasteiger partial charge is 0.472 e. The molecule has 0 aromatic rings. The van der Waals surface area contributed by atoms with Crippen LogP contribution < -0.4 is 0 Å². The zero-order chi connectivity index (χ0) is 8.81. The first-order valence-corrected chi connectivity index (χ1v) is 5.24. The lowest BCUT2D eigenvalue weighted by Gasteiger charge is -2.18. The molecule has 0 unspecified atom stereocenters. The van der Waals surface area contributed by atoms with E-state index in [2.05, 4.69) is 11.8 Å². The van der Waals surface area contributed by atoms with E-state index in [1.165, 1.54) is 24.3 Å². The lowest BCUT2D eigenvalue weighted by atomic mass is 9.99. The zero-order valence-corrected chi connectivity index (χ0v) is 7.69. The van der Waals surface area contributed by atoms with Gasteiger partial charge in [0.15, 0.2) is 0 Å². The van der Waals surface area contributed by atoms with Gasteiger partial charge in [-0.15, -0.1) is 0 Å². The molecule has 1 heterocycles. The normalized spacial score (nSPS) is 18.0. The predicted octanol–water partition coefficient (Wildman–Crippen LogP) is 1.61. The summed E-state index contributed by atoms with van der Waals surface area (Å²) in [5.74, 6) is 6.89. The molecule has 0 saturated carbocycles. The third kappa shape index (κ3) is 3.68. The number of rotatable bonds is 1. The van der Waals surface area contributed by atoms with E-state index < -0.39 is 5.97 Å². The molecule has 1 aliphatic rings. The summed E-state index contributed by atoms with van der Waals surface area (Å²) >= 11 is 1.97. The molecule has 1 aliphatic heterocycles. The number of carbonyl (C=O) groups is 1. The molecule has 0 aromatic heterocycles. The van der Waals surface area contributed by atoms with Crippen LogP contribution >= 0.6 is 11.8 Å². The first kappa shape index (κ1) is 9.47. The fourth-order valence-electron chi connectivity index (χ4n) is 1.22. The van der Waals surface area contributed by atoms with Gasteiger partial charge in [-0.2, -0.15) is 11.8 Å². The molecule has 0 aliphatic carbocycles. The van der Waals surface area contributed by atoms with Gasteiger partial charge in [0.25, 0.3) is 0 Å². The molecule has 0 bridgehead atoms. The second kappa shape index (κ2) is 5.10. The van der Waals surface area contributed by atoms with E-state index in [1.807, 2.05) is 11.8 Å². The van der Waals surface area contributed by atoms with Crippen LogP contribution in [-0.4, -0.2) is 22.6 Å². The lowest BCUT2D eigenvalue weighted by molar-refractivity contribution is -0.130. The number of aliphatic carboxylic acids is 1. The quantitative estimate of drug-likeness (QED) is 0.629. The maximum Gasteiger partial charge on any atom is 0.381 e. The highest BCUT2D eigenvalue weighted by atomic mass is 32.2. The standard InChI is InChI=1S/C9H12O2S/c10-9(11)3-1-2-8-4-6-12-7-5-8/h8H,2,4-7H2,(H,10,11). The molecule has 3 heteroatoms. The van der Waals surface area contributed by atoms with Crippen LogP contribution in [0.4, 0.5) is 0 Å². The van der Waals surface area contributed by atoms with Crippen molar-refractivity contribution < 1.29 is 9.90 Å². The van der Waals surface area contributed by atoms with Gasteiger partial charge in [0, 0.05) is 12.3 Å². The summed E-state index contributed by atoms with van der Waals surface area (Å²) in [7, 11) is 0. The summed E-state index contributed by atoms with van der Waals surface area (Å²) in [4.78, 5) is 10.1. The number of hydrogen-bond donors (Lipinski definition) is 1. The van der Waals surface area contributed by atoms with Gasteiger partial charge in [0.2, 0.25) is 0 Å². The van der Waals surface area contributed by atoms with Gasteiger partial charge in [-0.05, 0) is 30.3 Å². The summed E-state index contributed by atoms with van der Waals surface area (Å²) in [6.45, 7) is 0. The van der Waals surface area contributed by atoms with E-state index in [0.29, 0.717) is 5.92 Å². The molecule has 0 spiro atoms. The van der Waals surface area contributed by atoms with Crippen molar-refractivity contribution in [3.63, 3.8) is 0 Å². The summed E-state index contributed by atoms with van der Waals surface area (Å²) in [5.41, 5.74) is 0. The Hall–Kier alpha value is -0.620. The van der Waals surface area contributed by atoms with Gasteiger partial charge in [0.1, 0.15) is 0 Å². The summed E-state index contributed by atoms with van der Waals surface area (Å²) < 4.78 is 0. The van der Waals surface area contributed by atoms with Crippen molar-refractivity contribution in [3.05, 3.63) is 0 Å². The average molecular weight is 184 g/mol. The summed E-state index contributed by atoms with van der Waals surface area (Å²) in [6.07, 6.45) is 3.14. The molecule has 1 saturated heterocycles. The molecular formula is C9H12O2S. The number of carboxylic acids is 1. The monoisotopic (exact) mass is 184 g/mol. The van der Waals surface area contributed by atoms with Crippen LogP contribution in [0.1, 0.15) is 19.3 Å². The second-order valence-corrected chi connectivity index (χ2v) is 4.09. The Morgan fingerprint density at radius 3 is 2.75 bits per heavy atom. The first-order chi connectivity index (χ1) is 5.79. The number of carboxylic acid groups (broad SMARTS) is 1. The second-order valence-electron chi connectivity index (χ2n) is 2.87. The highest BCUT2D eigenvalue weighted by Crippen LogP contribution is 2.24. The van der Waals surface area contributed by atoms with E-state index in [1.54, 1.807) is 0 Å². The molecule has 1 rings (SSSR count). The minimum absolute atomic E-state index is 0.637. The van der Waals surface area contributed by atoms with Crippen molar-refractivity contribution in [1.29, 1.82) is 0 Å². The Morgan fingerprint density at radius 1 is 1.50 bits per heavy atom. The van der Waals surface area contributed by atoms with Crippen molar-refractivity contribution in [3.8, 4) is 11.8 Å². The Morgan fingerprint density at radius 2 is 2.17 bits per heavy atom. The van der Waals surface area contributed by atoms with Gasteiger partial charge in [-0.1, -0.05) is 5.92 Å². The van der Waals surface area contributed by atoms with Gasteiger partial charge in [0.05, 0.1) is 0 Å². The van der Waals surface area contributed by atoms with E-state index in [0.717, 1.165) is 6.42 Å². The third-order valence-corrected chi connectivity index (χ3v) is 2.98. The van der Waals surface area contributed by atoms with Crippen LogP contribution in [0.25, 0.3) is 0 Å². The zero-order valence-electron chi connectivity index (χ0n) is 6.88. The molecule has 66 valence electrons. The maximum atomic E-state index is 10.1. The third-order valence-electron chi connectivity index (χ3n) is 1.93. The van der Waals surface area contributed by atoms with Crippen molar-refractivity contribution in [2.75, 3.05) is 11.5 Å². The topological polar surface area (TPSA) is 37.3 Å². The SMILES string of the molecule is O=C(O)C#CCC1CCSCC1. The Balaban J connectivity index is 2.22. The van der Waals surface area contributed by atoms with Crippen molar-refractivity contribution >= 4 is 17.7 Å². The average Bonchev–Trinajstić information content (AvgIpc) is 2.05. The molecule has 1 fully saturated rings. The highest BCUT2D eigenvalue weighted by molar-refractivity contribution is 7.99. The maximum absolute atomic E-state index is 10.1. The fraction of sp³-hybridized carbons (Fsp3) is 0.667. The molecule has 0 atom stereocenters. The Labute approximate surface area is 76.7 Å². The van der Waals surface area contributed by atoms with Crippen LogP contribution in [0, 0.1) is 17.8 Å². The van der Waals surface area contributed by atoms with Crippen molar-refractivity contribution in [2.45, 2.75) is 19.3 Å². The predicted molar refractivity (Wildman–Crippen MR) is 50.1 cm³/mol. The van der Waals surface area contributed by atoms with Gasteiger partial charge < -0.3 is 5.11 Å². The highest BCUT2D eigenvalue weighted by Gasteiger charge is 2.11. The van der Waals surface area contributed by atoms with Gasteiger partial charge in [-0.3, -0.25) is 0 Å². The minimum atomic E-state index is -1.01. The molecule has 12 heavy (non-hydrogen) atoms.